The average molecular weight is 521 g/mol. The number of aromatic amines is 1. The van der Waals surface area contributed by atoms with E-state index in [2.05, 4.69) is 21.2 Å². The van der Waals surface area contributed by atoms with E-state index in [4.69, 9.17) is 4.74 Å². The predicted molar refractivity (Wildman–Crippen MR) is 151 cm³/mol. The minimum absolute atomic E-state index is 0.196. The Labute approximate surface area is 225 Å². The molecule has 5 N–H and O–H groups in total. The summed E-state index contributed by atoms with van der Waals surface area (Å²) in [6, 6.07) is 30.9. The summed E-state index contributed by atoms with van der Waals surface area (Å²) in [5.74, 6) is -0.0886. The maximum atomic E-state index is 13.0. The van der Waals surface area contributed by atoms with Gasteiger partial charge in [0.05, 0.1) is 12.3 Å². The van der Waals surface area contributed by atoms with E-state index in [1.807, 2.05) is 66.7 Å². The van der Waals surface area contributed by atoms with Gasteiger partial charge in [0.15, 0.2) is 0 Å². The van der Waals surface area contributed by atoms with Crippen LogP contribution in [0, 0.1) is 0 Å². The molecule has 1 aromatic heterocycles. The number of aromatic hydroxyl groups is 1. The number of para-hydroxylation sites is 1. The van der Waals surface area contributed by atoms with Gasteiger partial charge >= 0.3 is 0 Å². The van der Waals surface area contributed by atoms with Gasteiger partial charge in [-0.05, 0) is 53.6 Å². The van der Waals surface area contributed by atoms with Gasteiger partial charge in [-0.25, -0.2) is 5.43 Å². The summed E-state index contributed by atoms with van der Waals surface area (Å²) in [6.45, 7) is 0.776. The topological polar surface area (TPSA) is 115 Å². The van der Waals surface area contributed by atoms with Gasteiger partial charge in [-0.1, -0.05) is 60.7 Å². The Kier molecular flexibility index (Phi) is 7.85. The number of hydrogen-bond donors (Lipinski definition) is 5. The zero-order chi connectivity index (χ0) is 27.0. The smallest absolute Gasteiger partial charge is 0.272 e. The first kappa shape index (κ1) is 25.6. The minimum atomic E-state index is -0.331. The van der Waals surface area contributed by atoms with Crippen LogP contribution < -0.4 is 20.9 Å². The van der Waals surface area contributed by atoms with Gasteiger partial charge in [0.2, 0.25) is 0 Å². The van der Waals surface area contributed by atoms with E-state index in [1.54, 1.807) is 36.4 Å². The number of ether oxygens (including phenoxy) is 1. The third-order valence-corrected chi connectivity index (χ3v) is 6.19. The molecule has 0 bridgehead atoms. The van der Waals surface area contributed by atoms with Crippen molar-refractivity contribution in [1.29, 1.82) is 0 Å². The molecule has 8 nitrogen and oxygen atoms in total. The molecule has 0 fully saturated rings. The van der Waals surface area contributed by atoms with Crippen molar-refractivity contribution in [2.24, 2.45) is 0 Å². The highest BCUT2D eigenvalue weighted by Crippen LogP contribution is 2.27. The molecular weight excluding hydrogens is 492 g/mol. The van der Waals surface area contributed by atoms with Crippen molar-refractivity contribution in [1.82, 2.24) is 15.8 Å². The van der Waals surface area contributed by atoms with Crippen LogP contribution in [0.2, 0.25) is 0 Å². The van der Waals surface area contributed by atoms with Crippen LogP contribution in [0.3, 0.4) is 0 Å². The second-order valence-corrected chi connectivity index (χ2v) is 8.99. The molecule has 0 aliphatic rings. The van der Waals surface area contributed by atoms with Crippen molar-refractivity contribution < 1.29 is 19.4 Å². The molecule has 39 heavy (non-hydrogen) atoms. The first-order chi connectivity index (χ1) is 19.0. The Morgan fingerprint density at radius 2 is 1.56 bits per heavy atom. The fourth-order valence-corrected chi connectivity index (χ4v) is 4.11. The summed E-state index contributed by atoms with van der Waals surface area (Å²) >= 11 is 0. The largest absolute Gasteiger partial charge is 0.508 e. The summed E-state index contributed by atoms with van der Waals surface area (Å²) in [4.78, 5) is 29.0. The number of hydrogen-bond acceptors (Lipinski definition) is 5. The van der Waals surface area contributed by atoms with Crippen LogP contribution in [0.15, 0.2) is 103 Å². The second-order valence-electron chi connectivity index (χ2n) is 8.99. The number of benzene rings is 4. The van der Waals surface area contributed by atoms with Crippen LogP contribution in [0.25, 0.3) is 10.9 Å². The van der Waals surface area contributed by atoms with Crippen LogP contribution in [0.5, 0.6) is 11.5 Å². The maximum absolute atomic E-state index is 13.0. The third-order valence-electron chi connectivity index (χ3n) is 6.19. The van der Waals surface area contributed by atoms with E-state index in [-0.39, 0.29) is 17.6 Å². The molecule has 0 aliphatic carbocycles. The summed E-state index contributed by atoms with van der Waals surface area (Å²) in [5.41, 5.74) is 9.75. The van der Waals surface area contributed by atoms with Crippen LogP contribution in [-0.4, -0.2) is 28.5 Å². The summed E-state index contributed by atoms with van der Waals surface area (Å²) in [6.07, 6.45) is 0.574. The SMILES string of the molecule is O=C(NNCc1ccccc1)c1ccc(NC(=O)c2cc3ccccc3[nH]2)c(OCCc2ccc(O)cc2)c1. The quantitative estimate of drug-likeness (QED) is 0.163. The number of phenols is 1. The van der Waals surface area contributed by atoms with E-state index < -0.39 is 0 Å². The molecular formula is C31H28N4O4. The lowest BCUT2D eigenvalue weighted by Crippen LogP contribution is -2.36. The molecule has 4 aromatic carbocycles. The number of H-pyrrole nitrogens is 1. The number of nitrogens with one attached hydrogen (secondary N) is 4. The number of fused-ring (bicyclic) bond motifs is 1. The van der Waals surface area contributed by atoms with Crippen molar-refractivity contribution in [3.8, 4) is 11.5 Å². The van der Waals surface area contributed by atoms with Crippen LogP contribution >= 0.6 is 0 Å². The monoisotopic (exact) mass is 520 g/mol. The van der Waals surface area contributed by atoms with Crippen molar-refractivity contribution in [2.75, 3.05) is 11.9 Å². The highest BCUT2D eigenvalue weighted by Gasteiger charge is 2.15. The summed E-state index contributed by atoms with van der Waals surface area (Å²) in [5, 5.41) is 13.3. The molecule has 0 saturated heterocycles. The lowest BCUT2D eigenvalue weighted by molar-refractivity contribution is 0.0931. The number of aromatic nitrogens is 1. The standard InChI is InChI=1S/C31H28N4O4/c36-25-13-10-21(11-14-25)16-17-39-29-19-24(30(37)35-32-20-22-6-2-1-3-7-22)12-15-27(29)34-31(38)28-18-23-8-4-5-9-26(23)33-28/h1-15,18-19,32-33,36H,16-17,20H2,(H,34,38)(H,35,37). The number of carbonyl (C=O) groups excluding carboxylic acids is 2. The van der Waals surface area contributed by atoms with Crippen molar-refractivity contribution >= 4 is 28.4 Å². The molecule has 1 heterocycles. The summed E-state index contributed by atoms with van der Waals surface area (Å²) < 4.78 is 6.04. The number of rotatable bonds is 10. The fraction of sp³-hybridized carbons (Fsp3) is 0.0968. The van der Waals surface area contributed by atoms with Gasteiger partial charge in [-0.15, -0.1) is 0 Å². The van der Waals surface area contributed by atoms with Gasteiger partial charge in [-0.2, -0.15) is 0 Å². The van der Waals surface area contributed by atoms with E-state index in [0.717, 1.165) is 22.0 Å². The van der Waals surface area contributed by atoms with Gasteiger partial charge in [0, 0.05) is 29.4 Å². The lowest BCUT2D eigenvalue weighted by Gasteiger charge is -2.15. The lowest BCUT2D eigenvalue weighted by atomic mass is 10.1. The zero-order valence-electron chi connectivity index (χ0n) is 21.1. The molecule has 196 valence electrons. The van der Waals surface area contributed by atoms with Crippen molar-refractivity contribution in [2.45, 2.75) is 13.0 Å². The second kappa shape index (κ2) is 12.0. The van der Waals surface area contributed by atoms with Gasteiger partial charge < -0.3 is 20.1 Å². The Hall–Kier alpha value is -5.08. The molecule has 0 unspecified atom stereocenters. The van der Waals surface area contributed by atoms with E-state index in [9.17, 15) is 14.7 Å². The molecule has 0 aliphatic heterocycles. The van der Waals surface area contributed by atoms with Crippen molar-refractivity contribution in [3.63, 3.8) is 0 Å². The number of carbonyl (C=O) groups is 2. The van der Waals surface area contributed by atoms with Crippen LogP contribution in [-0.2, 0) is 13.0 Å². The highest BCUT2D eigenvalue weighted by atomic mass is 16.5. The van der Waals surface area contributed by atoms with E-state index in [0.29, 0.717) is 42.3 Å². The average Bonchev–Trinajstić information content (AvgIpc) is 3.40. The van der Waals surface area contributed by atoms with Crippen LogP contribution in [0.4, 0.5) is 5.69 Å². The zero-order valence-corrected chi connectivity index (χ0v) is 21.1. The summed E-state index contributed by atoms with van der Waals surface area (Å²) in [7, 11) is 0. The first-order valence-electron chi connectivity index (χ1n) is 12.6. The molecule has 8 heteroatoms. The van der Waals surface area contributed by atoms with Gasteiger partial charge in [0.1, 0.15) is 17.2 Å². The number of anilines is 1. The third kappa shape index (κ3) is 6.63. The van der Waals surface area contributed by atoms with Gasteiger partial charge in [0.25, 0.3) is 11.8 Å². The van der Waals surface area contributed by atoms with Crippen LogP contribution in [0.1, 0.15) is 32.0 Å². The predicted octanol–water partition coefficient (Wildman–Crippen LogP) is 5.18. The number of amides is 2. The Bertz CT molecular complexity index is 1550. The van der Waals surface area contributed by atoms with E-state index in [1.165, 1.54) is 0 Å². The molecule has 0 atom stereocenters. The molecule has 0 spiro atoms. The Balaban J connectivity index is 1.30. The Morgan fingerprint density at radius 3 is 2.36 bits per heavy atom. The molecule has 2 amide bonds. The van der Waals surface area contributed by atoms with Crippen molar-refractivity contribution in [3.05, 3.63) is 126 Å². The number of phenolic OH excluding ortho intramolecular Hbond substituents is 1. The van der Waals surface area contributed by atoms with Gasteiger partial charge in [-0.3, -0.25) is 15.0 Å². The minimum Gasteiger partial charge on any atom is -0.508 e. The van der Waals surface area contributed by atoms with E-state index >= 15 is 0 Å². The number of hydrazine groups is 1. The molecule has 5 aromatic rings. The highest BCUT2D eigenvalue weighted by molar-refractivity contribution is 6.07. The fourth-order valence-electron chi connectivity index (χ4n) is 4.11. The first-order valence-corrected chi connectivity index (χ1v) is 12.6. The molecule has 0 radical (unpaired) electrons. The molecule has 0 saturated carbocycles. The Morgan fingerprint density at radius 1 is 0.795 bits per heavy atom. The molecule has 5 rings (SSSR count). The normalized spacial score (nSPS) is 10.8. The maximum Gasteiger partial charge on any atom is 0.272 e.